The third-order valence-electron chi connectivity index (χ3n) is 2.57. The van der Waals surface area contributed by atoms with Crippen molar-refractivity contribution in [1.82, 2.24) is 4.98 Å². The summed E-state index contributed by atoms with van der Waals surface area (Å²) in [6, 6.07) is 12.2. The van der Waals surface area contributed by atoms with Crippen LogP contribution in [0.1, 0.15) is 36.5 Å². The Morgan fingerprint density at radius 1 is 1.00 bits per heavy atom. The number of hydrogen-bond acceptors (Lipinski definition) is 1. The molecule has 0 unspecified atom stereocenters. The van der Waals surface area contributed by atoms with Gasteiger partial charge in [-0.3, -0.25) is 4.98 Å². The van der Waals surface area contributed by atoms with E-state index in [1.807, 2.05) is 18.2 Å². The molecule has 0 saturated heterocycles. The normalized spacial score (nSPS) is 9.82. The number of aromatic nitrogens is 1. The van der Waals surface area contributed by atoms with Gasteiger partial charge in [-0.05, 0) is 35.7 Å². The van der Waals surface area contributed by atoms with Crippen molar-refractivity contribution in [2.24, 2.45) is 0 Å². The molecule has 1 aromatic carbocycles. The van der Waals surface area contributed by atoms with Crippen LogP contribution in [-0.4, -0.2) is 4.98 Å². The van der Waals surface area contributed by atoms with Crippen LogP contribution in [0, 0.1) is 11.8 Å². The average Bonchev–Trinajstić information content (AvgIpc) is 2.38. The summed E-state index contributed by atoms with van der Waals surface area (Å²) < 4.78 is 0. The first-order valence-electron chi connectivity index (χ1n) is 5.78. The number of hydrogen-bond donors (Lipinski definition) is 0. The Labute approximate surface area is 103 Å². The van der Waals surface area contributed by atoms with Gasteiger partial charge < -0.3 is 0 Å². The predicted molar refractivity (Wildman–Crippen MR) is 70.7 cm³/mol. The summed E-state index contributed by atoms with van der Waals surface area (Å²) in [4.78, 5) is 4.04. The minimum atomic E-state index is 0.537. The fourth-order valence-electron chi connectivity index (χ4n) is 1.56. The van der Waals surface area contributed by atoms with E-state index in [4.69, 9.17) is 0 Å². The summed E-state index contributed by atoms with van der Waals surface area (Å²) in [6.07, 6.45) is 3.53. The van der Waals surface area contributed by atoms with Crippen LogP contribution >= 0.6 is 0 Å². The maximum absolute atomic E-state index is 4.04. The van der Waals surface area contributed by atoms with Crippen molar-refractivity contribution in [3.05, 3.63) is 65.5 Å². The first-order valence-corrected chi connectivity index (χ1v) is 5.78. The Morgan fingerprint density at radius 2 is 1.76 bits per heavy atom. The zero-order valence-corrected chi connectivity index (χ0v) is 10.1. The maximum Gasteiger partial charge on any atom is 0.0432 e. The molecule has 17 heavy (non-hydrogen) atoms. The lowest BCUT2D eigenvalue weighted by Crippen LogP contribution is -1.87. The van der Waals surface area contributed by atoms with E-state index in [0.717, 1.165) is 11.1 Å². The molecule has 0 bridgehead atoms. The molecular formula is C16H15N. The molecule has 0 amide bonds. The second-order valence-corrected chi connectivity index (χ2v) is 4.27. The molecule has 0 saturated carbocycles. The standard InChI is InChI=1S/C16H15N/c1-13(2)16-7-3-5-14(11-16)8-9-15-6-4-10-17-12-15/h3-7,10-13H,1-2H3. The third kappa shape index (κ3) is 3.19. The van der Waals surface area contributed by atoms with Gasteiger partial charge in [-0.1, -0.05) is 37.8 Å². The first kappa shape index (κ1) is 11.4. The maximum atomic E-state index is 4.04. The molecule has 1 heterocycles. The Morgan fingerprint density at radius 3 is 2.47 bits per heavy atom. The smallest absolute Gasteiger partial charge is 0.0432 e. The lowest BCUT2D eigenvalue weighted by molar-refractivity contribution is 0.866. The monoisotopic (exact) mass is 221 g/mol. The highest BCUT2D eigenvalue weighted by Crippen LogP contribution is 2.14. The van der Waals surface area contributed by atoms with E-state index in [-0.39, 0.29) is 0 Å². The van der Waals surface area contributed by atoms with Crippen LogP contribution in [0.2, 0.25) is 0 Å². The highest BCUT2D eigenvalue weighted by molar-refractivity contribution is 5.43. The highest BCUT2D eigenvalue weighted by atomic mass is 14.6. The molecule has 2 aromatic rings. The van der Waals surface area contributed by atoms with E-state index in [9.17, 15) is 0 Å². The van der Waals surface area contributed by atoms with Gasteiger partial charge in [0.05, 0.1) is 0 Å². The summed E-state index contributed by atoms with van der Waals surface area (Å²) in [5.41, 5.74) is 3.32. The number of rotatable bonds is 1. The minimum Gasteiger partial charge on any atom is -0.263 e. The first-order chi connectivity index (χ1) is 8.25. The van der Waals surface area contributed by atoms with Gasteiger partial charge in [-0.25, -0.2) is 0 Å². The number of benzene rings is 1. The van der Waals surface area contributed by atoms with Gasteiger partial charge in [-0.2, -0.15) is 0 Å². The van der Waals surface area contributed by atoms with Crippen LogP contribution in [0.15, 0.2) is 48.8 Å². The molecule has 1 aromatic heterocycles. The summed E-state index contributed by atoms with van der Waals surface area (Å²) >= 11 is 0. The van der Waals surface area contributed by atoms with E-state index in [1.54, 1.807) is 12.4 Å². The van der Waals surface area contributed by atoms with Crippen molar-refractivity contribution >= 4 is 0 Å². The Balaban J connectivity index is 2.25. The fraction of sp³-hybridized carbons (Fsp3) is 0.188. The average molecular weight is 221 g/mol. The van der Waals surface area contributed by atoms with Crippen molar-refractivity contribution in [3.63, 3.8) is 0 Å². The summed E-state index contributed by atoms with van der Waals surface area (Å²) in [7, 11) is 0. The van der Waals surface area contributed by atoms with Crippen LogP contribution in [0.5, 0.6) is 0 Å². The summed E-state index contributed by atoms with van der Waals surface area (Å²) in [5, 5.41) is 0. The Kier molecular flexibility index (Phi) is 3.57. The molecule has 0 atom stereocenters. The van der Waals surface area contributed by atoms with Crippen LogP contribution in [0.3, 0.4) is 0 Å². The quantitative estimate of drug-likeness (QED) is 0.670. The molecule has 84 valence electrons. The van der Waals surface area contributed by atoms with E-state index in [1.165, 1.54) is 5.56 Å². The Hall–Kier alpha value is -2.07. The van der Waals surface area contributed by atoms with Gasteiger partial charge in [0.1, 0.15) is 0 Å². The Bertz CT molecular complexity index is 544. The van der Waals surface area contributed by atoms with Crippen LogP contribution in [-0.2, 0) is 0 Å². The molecule has 0 aliphatic heterocycles. The molecule has 0 aliphatic carbocycles. The van der Waals surface area contributed by atoms with Crippen molar-refractivity contribution in [3.8, 4) is 11.8 Å². The minimum absolute atomic E-state index is 0.537. The lowest BCUT2D eigenvalue weighted by Gasteiger charge is -2.04. The lowest BCUT2D eigenvalue weighted by atomic mass is 10.0. The van der Waals surface area contributed by atoms with Crippen molar-refractivity contribution in [2.75, 3.05) is 0 Å². The van der Waals surface area contributed by atoms with Crippen molar-refractivity contribution in [1.29, 1.82) is 0 Å². The SMILES string of the molecule is CC(C)c1cccc(C#Cc2cccnc2)c1. The second kappa shape index (κ2) is 5.32. The second-order valence-electron chi connectivity index (χ2n) is 4.27. The zero-order chi connectivity index (χ0) is 12.1. The van der Waals surface area contributed by atoms with Gasteiger partial charge in [0.25, 0.3) is 0 Å². The summed E-state index contributed by atoms with van der Waals surface area (Å²) in [6.45, 7) is 4.38. The van der Waals surface area contributed by atoms with Gasteiger partial charge >= 0.3 is 0 Å². The van der Waals surface area contributed by atoms with Crippen molar-refractivity contribution in [2.45, 2.75) is 19.8 Å². The number of nitrogens with zero attached hydrogens (tertiary/aromatic N) is 1. The predicted octanol–water partition coefficient (Wildman–Crippen LogP) is 3.60. The van der Waals surface area contributed by atoms with Gasteiger partial charge in [0.15, 0.2) is 0 Å². The van der Waals surface area contributed by atoms with Crippen LogP contribution in [0.4, 0.5) is 0 Å². The van der Waals surface area contributed by atoms with E-state index in [2.05, 4.69) is 48.9 Å². The molecule has 0 aliphatic rings. The van der Waals surface area contributed by atoms with Gasteiger partial charge in [0, 0.05) is 23.5 Å². The molecule has 1 heteroatoms. The van der Waals surface area contributed by atoms with E-state index < -0.39 is 0 Å². The molecule has 1 nitrogen and oxygen atoms in total. The third-order valence-corrected chi connectivity index (χ3v) is 2.57. The molecule has 2 rings (SSSR count). The largest absolute Gasteiger partial charge is 0.263 e. The van der Waals surface area contributed by atoms with E-state index >= 15 is 0 Å². The fourth-order valence-corrected chi connectivity index (χ4v) is 1.56. The molecule has 0 fully saturated rings. The zero-order valence-electron chi connectivity index (χ0n) is 10.1. The van der Waals surface area contributed by atoms with Crippen LogP contribution < -0.4 is 0 Å². The topological polar surface area (TPSA) is 12.9 Å². The van der Waals surface area contributed by atoms with Crippen LogP contribution in [0.25, 0.3) is 0 Å². The van der Waals surface area contributed by atoms with Gasteiger partial charge in [-0.15, -0.1) is 0 Å². The highest BCUT2D eigenvalue weighted by Gasteiger charge is 1.98. The van der Waals surface area contributed by atoms with Gasteiger partial charge in [0.2, 0.25) is 0 Å². The molecular weight excluding hydrogens is 206 g/mol. The van der Waals surface area contributed by atoms with E-state index in [0.29, 0.717) is 5.92 Å². The molecule has 0 spiro atoms. The summed E-state index contributed by atoms with van der Waals surface area (Å²) in [5.74, 6) is 6.82. The molecule has 0 radical (unpaired) electrons. The number of pyridine rings is 1. The molecule has 0 N–H and O–H groups in total. The van der Waals surface area contributed by atoms with Crippen molar-refractivity contribution < 1.29 is 0 Å².